The lowest BCUT2D eigenvalue weighted by molar-refractivity contribution is -0.118. The SMILES string of the molecule is Cc1cc(OCC(=O)Nc2sc3c(c2C#N)CC[C@H](C)C3)ccc1Cl. The van der Waals surface area contributed by atoms with Crippen LogP contribution in [0.25, 0.3) is 0 Å². The average molecular weight is 375 g/mol. The van der Waals surface area contributed by atoms with Crippen LogP contribution in [0.4, 0.5) is 5.00 Å². The molecule has 0 unspecified atom stereocenters. The predicted molar refractivity (Wildman–Crippen MR) is 101 cm³/mol. The molecule has 1 atom stereocenters. The fourth-order valence-corrected chi connectivity index (χ4v) is 4.47. The number of nitriles is 1. The molecule has 2 aromatic rings. The summed E-state index contributed by atoms with van der Waals surface area (Å²) in [6.07, 6.45) is 2.97. The zero-order valence-corrected chi connectivity index (χ0v) is 15.8. The van der Waals surface area contributed by atoms with Gasteiger partial charge in [0.15, 0.2) is 6.61 Å². The summed E-state index contributed by atoms with van der Waals surface area (Å²) in [5.41, 5.74) is 2.61. The van der Waals surface area contributed by atoms with Crippen LogP contribution in [0.2, 0.25) is 5.02 Å². The van der Waals surface area contributed by atoms with E-state index in [1.807, 2.05) is 6.92 Å². The Morgan fingerprint density at radius 3 is 3.04 bits per heavy atom. The molecule has 0 radical (unpaired) electrons. The standard InChI is InChI=1S/C19H19ClN2O2S/c1-11-3-5-14-15(9-21)19(25-17(14)7-11)22-18(23)10-24-13-4-6-16(20)12(2)8-13/h4,6,8,11H,3,5,7,10H2,1-2H3,(H,22,23)/t11-/m0/s1. The van der Waals surface area contributed by atoms with Crippen molar-refractivity contribution < 1.29 is 9.53 Å². The zero-order valence-electron chi connectivity index (χ0n) is 14.2. The van der Waals surface area contributed by atoms with Crippen molar-refractivity contribution in [2.75, 3.05) is 11.9 Å². The van der Waals surface area contributed by atoms with E-state index in [2.05, 4.69) is 18.3 Å². The molecule has 6 heteroatoms. The molecule has 0 fully saturated rings. The molecular formula is C19H19ClN2O2S. The molecule has 0 bridgehead atoms. The Kier molecular flexibility index (Phi) is 5.31. The topological polar surface area (TPSA) is 62.1 Å². The molecular weight excluding hydrogens is 356 g/mol. The van der Waals surface area contributed by atoms with Gasteiger partial charge in [0.1, 0.15) is 16.8 Å². The molecule has 1 aliphatic rings. The molecule has 25 heavy (non-hydrogen) atoms. The molecule has 1 aromatic carbocycles. The van der Waals surface area contributed by atoms with Gasteiger partial charge in [0, 0.05) is 9.90 Å². The van der Waals surface area contributed by atoms with Gasteiger partial charge in [-0.15, -0.1) is 11.3 Å². The van der Waals surface area contributed by atoms with Crippen LogP contribution in [0.3, 0.4) is 0 Å². The van der Waals surface area contributed by atoms with Crippen LogP contribution < -0.4 is 10.1 Å². The number of aryl methyl sites for hydroxylation is 1. The van der Waals surface area contributed by atoms with Gasteiger partial charge in [-0.25, -0.2) is 0 Å². The molecule has 0 saturated heterocycles. The molecule has 0 aliphatic heterocycles. The number of benzene rings is 1. The number of halogens is 1. The van der Waals surface area contributed by atoms with Gasteiger partial charge in [-0.1, -0.05) is 18.5 Å². The van der Waals surface area contributed by atoms with Crippen LogP contribution in [0.15, 0.2) is 18.2 Å². The predicted octanol–water partition coefficient (Wildman–Crippen LogP) is 4.72. The number of carbonyl (C=O) groups is 1. The van der Waals surface area contributed by atoms with E-state index in [1.54, 1.807) is 18.2 Å². The van der Waals surface area contributed by atoms with Gasteiger partial charge < -0.3 is 10.1 Å². The van der Waals surface area contributed by atoms with Crippen LogP contribution >= 0.6 is 22.9 Å². The number of thiophene rings is 1. The number of fused-ring (bicyclic) bond motifs is 1. The first-order valence-electron chi connectivity index (χ1n) is 8.21. The number of anilines is 1. The van der Waals surface area contributed by atoms with Gasteiger partial charge >= 0.3 is 0 Å². The zero-order chi connectivity index (χ0) is 18.0. The van der Waals surface area contributed by atoms with Crippen molar-refractivity contribution in [3.05, 3.63) is 44.8 Å². The highest BCUT2D eigenvalue weighted by Crippen LogP contribution is 2.39. The summed E-state index contributed by atoms with van der Waals surface area (Å²) in [5.74, 6) is 0.949. The summed E-state index contributed by atoms with van der Waals surface area (Å²) in [7, 11) is 0. The van der Waals surface area contributed by atoms with Gasteiger partial charge in [0.05, 0.1) is 5.56 Å². The Morgan fingerprint density at radius 1 is 1.52 bits per heavy atom. The molecule has 0 spiro atoms. The second-order valence-corrected chi connectivity index (χ2v) is 7.93. The fourth-order valence-electron chi connectivity index (χ4n) is 2.98. The highest BCUT2D eigenvalue weighted by atomic mass is 35.5. The lowest BCUT2D eigenvalue weighted by Crippen LogP contribution is -2.20. The van der Waals surface area contributed by atoms with Gasteiger partial charge in [-0.2, -0.15) is 5.26 Å². The van der Waals surface area contributed by atoms with Crippen LogP contribution in [0.5, 0.6) is 5.75 Å². The van der Waals surface area contributed by atoms with Crippen molar-refractivity contribution >= 4 is 33.8 Å². The van der Waals surface area contributed by atoms with Crippen molar-refractivity contribution in [1.82, 2.24) is 0 Å². The van der Waals surface area contributed by atoms with Crippen molar-refractivity contribution in [1.29, 1.82) is 5.26 Å². The third kappa shape index (κ3) is 3.97. The number of carbonyl (C=O) groups excluding carboxylic acids is 1. The number of rotatable bonds is 4. The number of hydrogen-bond donors (Lipinski definition) is 1. The maximum absolute atomic E-state index is 12.2. The molecule has 3 rings (SSSR count). The van der Waals surface area contributed by atoms with E-state index < -0.39 is 0 Å². The molecule has 1 N–H and O–H groups in total. The monoisotopic (exact) mass is 374 g/mol. The number of nitrogens with zero attached hydrogens (tertiary/aromatic N) is 1. The smallest absolute Gasteiger partial charge is 0.262 e. The van der Waals surface area contributed by atoms with Crippen molar-refractivity contribution in [3.8, 4) is 11.8 Å². The van der Waals surface area contributed by atoms with Gasteiger partial charge in [-0.05, 0) is 61.4 Å². The first-order chi connectivity index (χ1) is 12.0. The van der Waals surface area contributed by atoms with E-state index in [9.17, 15) is 10.1 Å². The second-order valence-electron chi connectivity index (χ2n) is 6.42. The Hall–Kier alpha value is -2.03. The lowest BCUT2D eigenvalue weighted by Gasteiger charge is -2.17. The average Bonchev–Trinajstić information content (AvgIpc) is 2.91. The van der Waals surface area contributed by atoms with E-state index in [4.69, 9.17) is 16.3 Å². The third-order valence-electron chi connectivity index (χ3n) is 4.38. The van der Waals surface area contributed by atoms with Crippen molar-refractivity contribution in [2.45, 2.75) is 33.1 Å². The van der Waals surface area contributed by atoms with E-state index in [-0.39, 0.29) is 12.5 Å². The summed E-state index contributed by atoms with van der Waals surface area (Å²) in [5, 5.41) is 13.6. The molecule has 4 nitrogen and oxygen atoms in total. The molecule has 1 aromatic heterocycles. The Labute approximate surface area is 156 Å². The Morgan fingerprint density at radius 2 is 2.32 bits per heavy atom. The minimum absolute atomic E-state index is 0.106. The van der Waals surface area contributed by atoms with E-state index in [0.29, 0.717) is 27.3 Å². The minimum Gasteiger partial charge on any atom is -0.484 e. The molecule has 1 amide bonds. The van der Waals surface area contributed by atoms with E-state index >= 15 is 0 Å². The number of ether oxygens (including phenoxy) is 1. The van der Waals surface area contributed by atoms with Crippen molar-refractivity contribution in [2.24, 2.45) is 5.92 Å². The van der Waals surface area contributed by atoms with Crippen LogP contribution in [-0.4, -0.2) is 12.5 Å². The van der Waals surface area contributed by atoms with Crippen LogP contribution in [-0.2, 0) is 17.6 Å². The summed E-state index contributed by atoms with van der Waals surface area (Å²) in [4.78, 5) is 13.4. The molecule has 0 saturated carbocycles. The Bertz CT molecular complexity index is 854. The summed E-state index contributed by atoms with van der Waals surface area (Å²) >= 11 is 7.50. The number of amides is 1. The summed E-state index contributed by atoms with van der Waals surface area (Å²) in [6.45, 7) is 3.99. The van der Waals surface area contributed by atoms with Crippen molar-refractivity contribution in [3.63, 3.8) is 0 Å². The first kappa shape index (κ1) is 17.8. The molecule has 1 aliphatic carbocycles. The highest BCUT2D eigenvalue weighted by Gasteiger charge is 2.24. The van der Waals surface area contributed by atoms with Crippen LogP contribution in [0, 0.1) is 24.2 Å². The first-order valence-corrected chi connectivity index (χ1v) is 9.40. The minimum atomic E-state index is -0.268. The quantitative estimate of drug-likeness (QED) is 0.841. The number of hydrogen-bond acceptors (Lipinski definition) is 4. The highest BCUT2D eigenvalue weighted by molar-refractivity contribution is 7.16. The fraction of sp³-hybridized carbons (Fsp3) is 0.368. The lowest BCUT2D eigenvalue weighted by atomic mass is 9.89. The third-order valence-corrected chi connectivity index (χ3v) is 5.97. The molecule has 130 valence electrons. The van der Waals surface area contributed by atoms with Gasteiger partial charge in [0.25, 0.3) is 5.91 Å². The normalized spacial score (nSPS) is 16.0. The van der Waals surface area contributed by atoms with Gasteiger partial charge in [0.2, 0.25) is 0 Å². The van der Waals surface area contributed by atoms with Gasteiger partial charge in [-0.3, -0.25) is 4.79 Å². The Balaban J connectivity index is 1.67. The van der Waals surface area contributed by atoms with E-state index in [1.165, 1.54) is 16.2 Å². The maximum atomic E-state index is 12.2. The van der Waals surface area contributed by atoms with E-state index in [0.717, 1.165) is 30.4 Å². The summed E-state index contributed by atoms with van der Waals surface area (Å²) in [6, 6.07) is 7.52. The van der Waals surface area contributed by atoms with Crippen LogP contribution in [0.1, 0.15) is 34.9 Å². The maximum Gasteiger partial charge on any atom is 0.262 e. The summed E-state index contributed by atoms with van der Waals surface area (Å²) < 4.78 is 5.52. The molecule has 1 heterocycles. The number of nitrogens with one attached hydrogen (secondary N) is 1. The largest absolute Gasteiger partial charge is 0.484 e. The second kappa shape index (κ2) is 7.47.